The van der Waals surface area contributed by atoms with Crippen molar-refractivity contribution in [2.24, 2.45) is 5.92 Å². The lowest BCUT2D eigenvalue weighted by Crippen LogP contribution is -2.12. The number of likely N-dealkylation sites (N-methyl/N-ethyl adjacent to an activating group) is 1. The van der Waals surface area contributed by atoms with E-state index in [9.17, 15) is 4.39 Å². The summed E-state index contributed by atoms with van der Waals surface area (Å²) >= 11 is 0. The molecule has 0 spiro atoms. The highest BCUT2D eigenvalue weighted by Crippen LogP contribution is 2.09. The van der Waals surface area contributed by atoms with Gasteiger partial charge in [-0.3, -0.25) is 0 Å². The van der Waals surface area contributed by atoms with Gasteiger partial charge in [0, 0.05) is 12.1 Å². The van der Waals surface area contributed by atoms with Crippen molar-refractivity contribution >= 4 is 0 Å². The number of hydrogen-bond acceptors (Lipinski definition) is 2. The molecule has 0 saturated heterocycles. The van der Waals surface area contributed by atoms with Gasteiger partial charge in [0.1, 0.15) is 0 Å². The van der Waals surface area contributed by atoms with E-state index in [0.717, 1.165) is 6.54 Å². The first kappa shape index (κ1) is 11.2. The van der Waals surface area contributed by atoms with Gasteiger partial charge in [-0.05, 0) is 25.9 Å². The second-order valence-corrected chi connectivity index (χ2v) is 3.89. The Morgan fingerprint density at radius 3 is 2.86 bits per heavy atom. The molecular formula is C10H18FN3. The molecule has 4 heteroatoms. The first-order valence-electron chi connectivity index (χ1n) is 5.00. The summed E-state index contributed by atoms with van der Waals surface area (Å²) in [5.41, 5.74) is 0.694. The smallest absolute Gasteiger partial charge is 0.214 e. The minimum Gasteiger partial charge on any atom is -0.319 e. The van der Waals surface area contributed by atoms with E-state index in [1.807, 2.05) is 20.9 Å². The molecule has 0 radical (unpaired) electrons. The van der Waals surface area contributed by atoms with Crippen LogP contribution in [0.1, 0.15) is 19.4 Å². The molecule has 0 saturated carbocycles. The van der Waals surface area contributed by atoms with E-state index in [1.54, 1.807) is 6.20 Å². The highest BCUT2D eigenvalue weighted by atomic mass is 19.1. The molecule has 0 aromatic carbocycles. The standard InChI is InChI=1S/C10H18FN3/c1-8(2)7-14-10(11)9(6-13-14)4-5-12-3/h6,8,12H,4-5,7H2,1-3H3. The Hall–Kier alpha value is -0.900. The summed E-state index contributed by atoms with van der Waals surface area (Å²) in [6.07, 6.45) is 2.31. The fraction of sp³-hybridized carbons (Fsp3) is 0.700. The zero-order chi connectivity index (χ0) is 10.6. The monoisotopic (exact) mass is 199 g/mol. The van der Waals surface area contributed by atoms with E-state index >= 15 is 0 Å². The van der Waals surface area contributed by atoms with Crippen molar-refractivity contribution in [3.8, 4) is 0 Å². The zero-order valence-corrected chi connectivity index (χ0v) is 9.05. The van der Waals surface area contributed by atoms with E-state index in [0.29, 0.717) is 24.4 Å². The zero-order valence-electron chi connectivity index (χ0n) is 9.05. The van der Waals surface area contributed by atoms with Crippen molar-refractivity contribution in [1.82, 2.24) is 15.1 Å². The Labute approximate surface area is 84.3 Å². The maximum atomic E-state index is 13.6. The van der Waals surface area contributed by atoms with Crippen LogP contribution in [-0.2, 0) is 13.0 Å². The van der Waals surface area contributed by atoms with Gasteiger partial charge >= 0.3 is 0 Å². The van der Waals surface area contributed by atoms with Crippen LogP contribution in [-0.4, -0.2) is 23.4 Å². The Morgan fingerprint density at radius 2 is 2.29 bits per heavy atom. The predicted molar refractivity (Wildman–Crippen MR) is 54.7 cm³/mol. The van der Waals surface area contributed by atoms with Crippen molar-refractivity contribution in [3.63, 3.8) is 0 Å². The van der Waals surface area contributed by atoms with Crippen LogP contribution in [0.25, 0.3) is 0 Å². The molecule has 1 heterocycles. The average Bonchev–Trinajstić information content (AvgIpc) is 2.45. The molecule has 0 aliphatic heterocycles. The van der Waals surface area contributed by atoms with Gasteiger partial charge in [-0.15, -0.1) is 0 Å². The maximum Gasteiger partial charge on any atom is 0.214 e. The summed E-state index contributed by atoms with van der Waals surface area (Å²) in [5, 5.41) is 7.01. The number of aromatic nitrogens is 2. The number of nitrogens with one attached hydrogen (secondary N) is 1. The topological polar surface area (TPSA) is 29.9 Å². The van der Waals surface area contributed by atoms with Gasteiger partial charge in [0.2, 0.25) is 5.95 Å². The summed E-state index contributed by atoms with van der Waals surface area (Å²) in [6, 6.07) is 0. The quantitative estimate of drug-likeness (QED) is 0.777. The lowest BCUT2D eigenvalue weighted by Gasteiger charge is -2.05. The maximum absolute atomic E-state index is 13.6. The predicted octanol–water partition coefficient (Wildman–Crippen LogP) is 1.44. The lowest BCUT2D eigenvalue weighted by molar-refractivity contribution is 0.398. The highest BCUT2D eigenvalue weighted by Gasteiger charge is 2.10. The summed E-state index contributed by atoms with van der Waals surface area (Å²) in [6.45, 7) is 5.53. The highest BCUT2D eigenvalue weighted by molar-refractivity contribution is 5.07. The van der Waals surface area contributed by atoms with Gasteiger partial charge in [0.15, 0.2) is 0 Å². The molecule has 0 bridgehead atoms. The van der Waals surface area contributed by atoms with Gasteiger partial charge in [-0.25, -0.2) is 4.68 Å². The number of rotatable bonds is 5. The second kappa shape index (κ2) is 5.10. The summed E-state index contributed by atoms with van der Waals surface area (Å²) in [5.74, 6) is 0.232. The Bertz CT molecular complexity index is 281. The van der Waals surface area contributed by atoms with Crippen molar-refractivity contribution < 1.29 is 4.39 Å². The van der Waals surface area contributed by atoms with Gasteiger partial charge in [0.25, 0.3) is 0 Å². The molecule has 0 unspecified atom stereocenters. The molecule has 3 nitrogen and oxygen atoms in total. The van der Waals surface area contributed by atoms with E-state index in [4.69, 9.17) is 0 Å². The van der Waals surface area contributed by atoms with Crippen molar-refractivity contribution in [1.29, 1.82) is 0 Å². The van der Waals surface area contributed by atoms with Crippen LogP contribution in [0.3, 0.4) is 0 Å². The first-order valence-corrected chi connectivity index (χ1v) is 5.00. The third kappa shape index (κ3) is 2.80. The SMILES string of the molecule is CNCCc1cnn(CC(C)C)c1F. The Morgan fingerprint density at radius 1 is 1.57 bits per heavy atom. The van der Waals surface area contributed by atoms with Crippen LogP contribution in [0.5, 0.6) is 0 Å². The fourth-order valence-electron chi connectivity index (χ4n) is 1.31. The van der Waals surface area contributed by atoms with Crippen LogP contribution >= 0.6 is 0 Å². The van der Waals surface area contributed by atoms with Crippen LogP contribution in [0.2, 0.25) is 0 Å². The average molecular weight is 199 g/mol. The molecule has 1 aromatic heterocycles. The number of halogens is 1. The lowest BCUT2D eigenvalue weighted by atomic mass is 10.2. The van der Waals surface area contributed by atoms with E-state index in [-0.39, 0.29) is 5.95 Å². The third-order valence-electron chi connectivity index (χ3n) is 2.03. The van der Waals surface area contributed by atoms with Crippen molar-refractivity contribution in [2.45, 2.75) is 26.8 Å². The van der Waals surface area contributed by atoms with Crippen molar-refractivity contribution in [3.05, 3.63) is 17.7 Å². The van der Waals surface area contributed by atoms with Crippen LogP contribution < -0.4 is 5.32 Å². The molecule has 1 aromatic rings. The summed E-state index contributed by atoms with van der Waals surface area (Å²) in [7, 11) is 1.86. The summed E-state index contributed by atoms with van der Waals surface area (Å²) < 4.78 is 15.0. The molecular weight excluding hydrogens is 181 g/mol. The van der Waals surface area contributed by atoms with Crippen LogP contribution in [0, 0.1) is 11.9 Å². The van der Waals surface area contributed by atoms with E-state index in [2.05, 4.69) is 10.4 Å². The van der Waals surface area contributed by atoms with Gasteiger partial charge < -0.3 is 5.32 Å². The number of hydrogen-bond donors (Lipinski definition) is 1. The molecule has 14 heavy (non-hydrogen) atoms. The molecule has 1 rings (SSSR count). The number of nitrogens with zero attached hydrogens (tertiary/aromatic N) is 2. The fourth-order valence-corrected chi connectivity index (χ4v) is 1.31. The minimum atomic E-state index is -0.186. The van der Waals surface area contributed by atoms with Crippen LogP contribution in [0.4, 0.5) is 4.39 Å². The first-order chi connectivity index (χ1) is 6.65. The molecule has 0 atom stereocenters. The van der Waals surface area contributed by atoms with Gasteiger partial charge in [0.05, 0.1) is 6.20 Å². The Balaban J connectivity index is 2.65. The summed E-state index contributed by atoms with van der Waals surface area (Å²) in [4.78, 5) is 0. The molecule has 0 fully saturated rings. The Kier molecular flexibility index (Phi) is 4.07. The van der Waals surface area contributed by atoms with Gasteiger partial charge in [-0.2, -0.15) is 9.49 Å². The normalized spacial score (nSPS) is 11.2. The molecule has 1 N–H and O–H groups in total. The second-order valence-electron chi connectivity index (χ2n) is 3.89. The largest absolute Gasteiger partial charge is 0.319 e. The molecule has 0 aliphatic rings. The van der Waals surface area contributed by atoms with Crippen molar-refractivity contribution in [2.75, 3.05) is 13.6 Å². The van der Waals surface area contributed by atoms with Gasteiger partial charge in [-0.1, -0.05) is 13.8 Å². The van der Waals surface area contributed by atoms with E-state index in [1.165, 1.54) is 4.68 Å². The molecule has 0 aliphatic carbocycles. The molecule has 0 amide bonds. The third-order valence-corrected chi connectivity index (χ3v) is 2.03. The van der Waals surface area contributed by atoms with Crippen LogP contribution in [0.15, 0.2) is 6.20 Å². The van der Waals surface area contributed by atoms with E-state index < -0.39 is 0 Å². The minimum absolute atomic E-state index is 0.186. The molecule has 80 valence electrons.